The molecular formula is C22H26N6O3S. The van der Waals surface area contributed by atoms with Gasteiger partial charge in [0.2, 0.25) is 5.91 Å². The van der Waals surface area contributed by atoms with E-state index in [-0.39, 0.29) is 43.0 Å². The van der Waals surface area contributed by atoms with Crippen molar-refractivity contribution in [1.82, 2.24) is 24.4 Å². The average Bonchev–Trinajstić information content (AvgIpc) is 3.38. The van der Waals surface area contributed by atoms with Crippen LogP contribution in [0.3, 0.4) is 0 Å². The third kappa shape index (κ3) is 3.86. The van der Waals surface area contributed by atoms with Crippen LogP contribution in [0.5, 0.6) is 0 Å². The summed E-state index contributed by atoms with van der Waals surface area (Å²) >= 11 is 0. The molecule has 10 heteroatoms. The summed E-state index contributed by atoms with van der Waals surface area (Å²) in [6, 6.07) is 4.49. The Morgan fingerprint density at radius 3 is 2.69 bits per heavy atom. The number of rotatable bonds is 4. The van der Waals surface area contributed by atoms with Crippen molar-refractivity contribution in [1.29, 1.82) is 5.26 Å². The first kappa shape index (κ1) is 20.9. The van der Waals surface area contributed by atoms with Crippen LogP contribution in [-0.2, 0) is 21.1 Å². The first-order valence-electron chi connectivity index (χ1n) is 11.1. The van der Waals surface area contributed by atoms with Gasteiger partial charge in [-0.05, 0) is 37.7 Å². The standard InChI is InChI=1S/C22H26N6O3S/c23-7-5-15-1-3-16(4-2-15)28-19(13-20(29)27-9-11-32(30,31)12-10-27)26-18-14-25-22-17(21(18)28)6-8-24-22/h6,8,14-16H,1-5,9-13H2,(H,24,25). The number of hydrogen-bond acceptors (Lipinski definition) is 6. The van der Waals surface area contributed by atoms with Crippen molar-refractivity contribution in [3.63, 3.8) is 0 Å². The monoisotopic (exact) mass is 454 g/mol. The predicted octanol–water partition coefficient (Wildman–Crippen LogP) is 2.36. The van der Waals surface area contributed by atoms with E-state index in [1.807, 2.05) is 12.3 Å². The number of pyridine rings is 1. The van der Waals surface area contributed by atoms with E-state index in [4.69, 9.17) is 10.2 Å². The molecule has 3 aromatic heterocycles. The average molecular weight is 455 g/mol. The fraction of sp³-hybridized carbons (Fsp3) is 0.545. The second kappa shape index (κ2) is 8.20. The number of nitrogens with zero attached hydrogens (tertiary/aromatic N) is 5. The molecule has 1 amide bonds. The maximum absolute atomic E-state index is 13.1. The number of sulfone groups is 1. The van der Waals surface area contributed by atoms with E-state index in [0.717, 1.165) is 47.8 Å². The lowest BCUT2D eigenvalue weighted by Crippen LogP contribution is -2.44. The van der Waals surface area contributed by atoms with Crippen molar-refractivity contribution in [3.05, 3.63) is 24.3 Å². The molecule has 0 aromatic carbocycles. The number of H-pyrrole nitrogens is 1. The summed E-state index contributed by atoms with van der Waals surface area (Å²) < 4.78 is 25.7. The van der Waals surface area contributed by atoms with Crippen LogP contribution in [-0.4, -0.2) is 63.3 Å². The van der Waals surface area contributed by atoms with E-state index in [2.05, 4.69) is 20.6 Å². The lowest BCUT2D eigenvalue weighted by Gasteiger charge is -2.30. The first-order valence-corrected chi connectivity index (χ1v) is 13.0. The normalized spacial score (nSPS) is 23.4. The molecule has 9 nitrogen and oxygen atoms in total. The molecule has 32 heavy (non-hydrogen) atoms. The molecule has 1 saturated heterocycles. The molecule has 0 bridgehead atoms. The fourth-order valence-electron chi connectivity index (χ4n) is 5.10. The second-order valence-corrected chi connectivity index (χ2v) is 11.2. The van der Waals surface area contributed by atoms with Crippen molar-refractivity contribution >= 4 is 37.8 Å². The minimum absolute atomic E-state index is 0.0198. The van der Waals surface area contributed by atoms with Crippen LogP contribution in [0.15, 0.2) is 18.5 Å². The van der Waals surface area contributed by atoms with E-state index in [9.17, 15) is 13.2 Å². The molecule has 1 N–H and O–H groups in total. The molecule has 1 aliphatic heterocycles. The summed E-state index contributed by atoms with van der Waals surface area (Å²) in [7, 11) is -3.05. The molecule has 2 aliphatic rings. The van der Waals surface area contributed by atoms with Gasteiger partial charge in [0.25, 0.3) is 0 Å². The summed E-state index contributed by atoms with van der Waals surface area (Å²) in [6.45, 7) is 0.481. The summed E-state index contributed by atoms with van der Waals surface area (Å²) in [5.74, 6) is 1.09. The van der Waals surface area contributed by atoms with Gasteiger partial charge in [0.05, 0.1) is 35.7 Å². The first-order chi connectivity index (χ1) is 15.4. The summed E-state index contributed by atoms with van der Waals surface area (Å²) in [6.07, 6.45) is 8.17. The minimum atomic E-state index is -3.05. The Balaban J connectivity index is 1.49. The van der Waals surface area contributed by atoms with Crippen molar-refractivity contribution in [2.24, 2.45) is 5.92 Å². The van der Waals surface area contributed by atoms with Gasteiger partial charge in [-0.15, -0.1) is 0 Å². The molecule has 3 aromatic rings. The molecule has 0 atom stereocenters. The van der Waals surface area contributed by atoms with Gasteiger partial charge in [-0.25, -0.2) is 18.4 Å². The van der Waals surface area contributed by atoms with Crippen LogP contribution in [0.4, 0.5) is 0 Å². The van der Waals surface area contributed by atoms with Gasteiger partial charge in [0.15, 0.2) is 9.84 Å². The molecule has 0 spiro atoms. The van der Waals surface area contributed by atoms with Crippen molar-refractivity contribution in [2.75, 3.05) is 24.6 Å². The largest absolute Gasteiger partial charge is 0.346 e. The van der Waals surface area contributed by atoms with Gasteiger partial charge in [0.1, 0.15) is 17.0 Å². The number of carbonyl (C=O) groups excluding carboxylic acids is 1. The van der Waals surface area contributed by atoms with Crippen LogP contribution in [0, 0.1) is 17.2 Å². The Morgan fingerprint density at radius 2 is 1.97 bits per heavy atom. The number of fused-ring (bicyclic) bond motifs is 3. The minimum Gasteiger partial charge on any atom is -0.346 e. The predicted molar refractivity (Wildman–Crippen MR) is 120 cm³/mol. The number of imidazole rings is 1. The summed E-state index contributed by atoms with van der Waals surface area (Å²) in [4.78, 5) is 27.1. The number of carbonyl (C=O) groups is 1. The van der Waals surface area contributed by atoms with E-state index in [1.54, 1.807) is 11.1 Å². The molecule has 2 fully saturated rings. The zero-order chi connectivity index (χ0) is 22.3. The van der Waals surface area contributed by atoms with Gasteiger partial charge in [-0.3, -0.25) is 4.79 Å². The molecule has 5 rings (SSSR count). The molecule has 168 valence electrons. The van der Waals surface area contributed by atoms with Crippen LogP contribution in [0.25, 0.3) is 22.1 Å². The number of aromatic nitrogens is 4. The number of hydrogen-bond donors (Lipinski definition) is 1. The molecule has 0 unspecified atom stereocenters. The molecule has 0 radical (unpaired) electrons. The highest BCUT2D eigenvalue weighted by Crippen LogP contribution is 2.38. The maximum Gasteiger partial charge on any atom is 0.230 e. The van der Waals surface area contributed by atoms with Crippen LogP contribution >= 0.6 is 0 Å². The third-order valence-electron chi connectivity index (χ3n) is 6.88. The Hall–Kier alpha value is -2.93. The van der Waals surface area contributed by atoms with Gasteiger partial charge >= 0.3 is 0 Å². The van der Waals surface area contributed by atoms with Gasteiger partial charge in [0, 0.05) is 37.1 Å². The third-order valence-corrected chi connectivity index (χ3v) is 8.48. The zero-order valence-electron chi connectivity index (χ0n) is 17.8. The number of nitrogens with one attached hydrogen (secondary N) is 1. The summed E-state index contributed by atoms with van der Waals surface area (Å²) in [5, 5.41) is 10.0. The fourth-order valence-corrected chi connectivity index (χ4v) is 6.30. The number of nitriles is 1. The lowest BCUT2D eigenvalue weighted by atomic mass is 9.84. The summed E-state index contributed by atoms with van der Waals surface area (Å²) in [5.41, 5.74) is 2.54. The molecular weight excluding hydrogens is 428 g/mol. The zero-order valence-corrected chi connectivity index (χ0v) is 18.6. The topological polar surface area (TPSA) is 125 Å². The maximum atomic E-state index is 13.1. The SMILES string of the molecule is N#CCC1CCC(n2c(CC(=O)N3CCS(=O)(=O)CC3)nc3cnc4[nH]ccc4c32)CC1. The van der Waals surface area contributed by atoms with E-state index >= 15 is 0 Å². The lowest BCUT2D eigenvalue weighted by molar-refractivity contribution is -0.130. The molecule has 1 saturated carbocycles. The highest BCUT2D eigenvalue weighted by molar-refractivity contribution is 7.91. The van der Waals surface area contributed by atoms with E-state index in [1.165, 1.54) is 0 Å². The second-order valence-electron chi connectivity index (χ2n) is 8.88. The van der Waals surface area contributed by atoms with Crippen molar-refractivity contribution in [2.45, 2.75) is 44.6 Å². The van der Waals surface area contributed by atoms with Gasteiger partial charge in [-0.1, -0.05) is 0 Å². The quantitative estimate of drug-likeness (QED) is 0.645. The Labute approximate surface area is 186 Å². The Kier molecular flexibility index (Phi) is 5.37. The van der Waals surface area contributed by atoms with Gasteiger partial charge < -0.3 is 14.5 Å². The molecule has 1 aliphatic carbocycles. The van der Waals surface area contributed by atoms with Gasteiger partial charge in [-0.2, -0.15) is 5.26 Å². The highest BCUT2D eigenvalue weighted by Gasteiger charge is 2.30. The van der Waals surface area contributed by atoms with Crippen LogP contribution in [0.1, 0.15) is 44.0 Å². The molecule has 4 heterocycles. The smallest absolute Gasteiger partial charge is 0.230 e. The van der Waals surface area contributed by atoms with Crippen molar-refractivity contribution < 1.29 is 13.2 Å². The van der Waals surface area contributed by atoms with Crippen LogP contribution < -0.4 is 0 Å². The van der Waals surface area contributed by atoms with E-state index in [0.29, 0.717) is 18.2 Å². The Bertz CT molecular complexity index is 1300. The van der Waals surface area contributed by atoms with Crippen LogP contribution in [0.2, 0.25) is 0 Å². The Morgan fingerprint density at radius 1 is 1.22 bits per heavy atom. The highest BCUT2D eigenvalue weighted by atomic mass is 32.2. The van der Waals surface area contributed by atoms with Crippen molar-refractivity contribution in [3.8, 4) is 6.07 Å². The number of aromatic amines is 1. The number of amides is 1. The van der Waals surface area contributed by atoms with E-state index < -0.39 is 9.84 Å².